The van der Waals surface area contributed by atoms with Gasteiger partial charge in [-0.3, -0.25) is 0 Å². The number of alkyl halides is 1. The predicted octanol–water partition coefficient (Wildman–Crippen LogP) is 4.97. The lowest BCUT2D eigenvalue weighted by Crippen LogP contribution is -1.92. The molecule has 1 aromatic carbocycles. The molecule has 0 fully saturated rings. The third-order valence-electron chi connectivity index (χ3n) is 2.63. The zero-order valence-corrected chi connectivity index (χ0v) is 10.9. The van der Waals surface area contributed by atoms with Crippen molar-refractivity contribution in [1.82, 2.24) is 0 Å². The van der Waals surface area contributed by atoms with Crippen molar-refractivity contribution in [3.63, 3.8) is 0 Å². The van der Waals surface area contributed by atoms with E-state index in [4.69, 9.17) is 11.6 Å². The molecule has 0 aliphatic heterocycles. The summed E-state index contributed by atoms with van der Waals surface area (Å²) < 4.78 is 0. The summed E-state index contributed by atoms with van der Waals surface area (Å²) in [4.78, 5) is 1.38. The van der Waals surface area contributed by atoms with Crippen molar-refractivity contribution in [2.45, 2.75) is 25.1 Å². The molecule has 2 heteroatoms. The van der Waals surface area contributed by atoms with Gasteiger partial charge in [0.15, 0.2) is 0 Å². The van der Waals surface area contributed by atoms with E-state index in [0.29, 0.717) is 0 Å². The molecule has 0 bridgehead atoms. The smallest absolute Gasteiger partial charge is 0.0588 e. The van der Waals surface area contributed by atoms with E-state index < -0.39 is 0 Å². The van der Waals surface area contributed by atoms with Crippen LogP contribution in [-0.2, 0) is 6.42 Å². The first-order chi connectivity index (χ1) is 7.75. The van der Waals surface area contributed by atoms with Crippen LogP contribution in [0.5, 0.6) is 0 Å². The van der Waals surface area contributed by atoms with E-state index in [0.717, 1.165) is 12.8 Å². The number of rotatable bonds is 4. The van der Waals surface area contributed by atoms with Crippen molar-refractivity contribution < 1.29 is 0 Å². The van der Waals surface area contributed by atoms with Crippen LogP contribution < -0.4 is 0 Å². The van der Waals surface area contributed by atoms with E-state index in [2.05, 4.69) is 30.5 Å². The number of aryl methyl sites for hydroxylation is 2. The van der Waals surface area contributed by atoms with Gasteiger partial charge in [0, 0.05) is 4.88 Å². The fourth-order valence-corrected chi connectivity index (χ4v) is 2.75. The molecule has 0 saturated carbocycles. The Balaban J connectivity index is 1.91. The average molecular weight is 251 g/mol. The molecular weight excluding hydrogens is 236 g/mol. The molecule has 16 heavy (non-hydrogen) atoms. The summed E-state index contributed by atoms with van der Waals surface area (Å²) in [5.41, 5.74) is 2.63. The zero-order chi connectivity index (χ0) is 11.4. The fourth-order valence-electron chi connectivity index (χ4n) is 1.75. The SMILES string of the molecule is Cc1cc(CCC(Cl)c2ccccc2)cs1. The number of halogens is 1. The molecule has 1 aromatic heterocycles. The molecule has 84 valence electrons. The third kappa shape index (κ3) is 3.10. The minimum Gasteiger partial charge on any atom is -0.149 e. The van der Waals surface area contributed by atoms with Crippen molar-refractivity contribution in [1.29, 1.82) is 0 Å². The lowest BCUT2D eigenvalue weighted by Gasteiger charge is -2.08. The molecule has 1 unspecified atom stereocenters. The molecular formula is C14H15ClS. The van der Waals surface area contributed by atoms with Crippen molar-refractivity contribution in [3.8, 4) is 0 Å². The number of thiophene rings is 1. The molecule has 2 rings (SSSR count). The second kappa shape index (κ2) is 5.51. The molecule has 0 aliphatic rings. The van der Waals surface area contributed by atoms with E-state index in [1.54, 1.807) is 0 Å². The third-order valence-corrected chi connectivity index (χ3v) is 4.01. The summed E-state index contributed by atoms with van der Waals surface area (Å²) in [6.07, 6.45) is 2.06. The molecule has 0 spiro atoms. The second-order valence-corrected chi connectivity index (χ2v) is 5.62. The maximum atomic E-state index is 6.37. The Labute approximate surface area is 106 Å². The van der Waals surface area contributed by atoms with Crippen LogP contribution in [0.4, 0.5) is 0 Å². The van der Waals surface area contributed by atoms with Crippen LogP contribution in [-0.4, -0.2) is 0 Å². The first kappa shape index (κ1) is 11.7. The van der Waals surface area contributed by atoms with E-state index >= 15 is 0 Å². The minimum atomic E-state index is 0.126. The van der Waals surface area contributed by atoms with Gasteiger partial charge in [0.05, 0.1) is 5.38 Å². The summed E-state index contributed by atoms with van der Waals surface area (Å²) >= 11 is 8.18. The normalized spacial score (nSPS) is 12.6. The quantitative estimate of drug-likeness (QED) is 0.672. The standard InChI is InChI=1S/C14H15ClS/c1-11-9-12(10-16-11)7-8-14(15)13-5-3-2-4-6-13/h2-6,9-10,14H,7-8H2,1H3. The van der Waals surface area contributed by atoms with Gasteiger partial charge >= 0.3 is 0 Å². The van der Waals surface area contributed by atoms with Gasteiger partial charge < -0.3 is 0 Å². The topological polar surface area (TPSA) is 0 Å². The molecule has 2 aromatic rings. The van der Waals surface area contributed by atoms with Crippen LogP contribution in [0, 0.1) is 6.92 Å². The van der Waals surface area contributed by atoms with E-state index in [1.165, 1.54) is 16.0 Å². The van der Waals surface area contributed by atoms with Crippen molar-refractivity contribution in [2.24, 2.45) is 0 Å². The molecule has 0 saturated heterocycles. The second-order valence-electron chi connectivity index (χ2n) is 3.98. The Morgan fingerprint density at radius 1 is 1.25 bits per heavy atom. The summed E-state index contributed by atoms with van der Waals surface area (Å²) in [6, 6.07) is 12.5. The summed E-state index contributed by atoms with van der Waals surface area (Å²) in [5.74, 6) is 0. The van der Waals surface area contributed by atoms with Gasteiger partial charge in [-0.25, -0.2) is 0 Å². The zero-order valence-electron chi connectivity index (χ0n) is 9.32. The van der Waals surface area contributed by atoms with Crippen LogP contribution >= 0.6 is 22.9 Å². The van der Waals surface area contributed by atoms with E-state index in [9.17, 15) is 0 Å². The van der Waals surface area contributed by atoms with E-state index in [-0.39, 0.29) is 5.38 Å². The van der Waals surface area contributed by atoms with Crippen molar-refractivity contribution >= 4 is 22.9 Å². The number of benzene rings is 1. The highest BCUT2D eigenvalue weighted by Crippen LogP contribution is 2.26. The van der Waals surface area contributed by atoms with Crippen molar-refractivity contribution in [2.75, 3.05) is 0 Å². The summed E-state index contributed by atoms with van der Waals surface area (Å²) in [7, 11) is 0. The van der Waals surface area contributed by atoms with Gasteiger partial charge in [-0.05, 0) is 42.3 Å². The van der Waals surface area contributed by atoms with Crippen LogP contribution in [0.1, 0.15) is 27.8 Å². The van der Waals surface area contributed by atoms with Gasteiger partial charge in [0.25, 0.3) is 0 Å². The van der Waals surface area contributed by atoms with Gasteiger partial charge in [-0.2, -0.15) is 0 Å². The highest BCUT2D eigenvalue weighted by Gasteiger charge is 2.07. The Kier molecular flexibility index (Phi) is 4.03. The first-order valence-corrected chi connectivity index (χ1v) is 6.80. The lowest BCUT2D eigenvalue weighted by atomic mass is 10.1. The maximum absolute atomic E-state index is 6.37. The number of hydrogen-bond acceptors (Lipinski definition) is 1. The van der Waals surface area contributed by atoms with Crippen LogP contribution in [0.2, 0.25) is 0 Å². The van der Waals surface area contributed by atoms with Gasteiger partial charge in [-0.15, -0.1) is 22.9 Å². The van der Waals surface area contributed by atoms with Crippen LogP contribution in [0.25, 0.3) is 0 Å². The van der Waals surface area contributed by atoms with Gasteiger partial charge in [0.1, 0.15) is 0 Å². The highest BCUT2D eigenvalue weighted by molar-refractivity contribution is 7.10. The van der Waals surface area contributed by atoms with Gasteiger partial charge in [-0.1, -0.05) is 30.3 Å². The fraction of sp³-hybridized carbons (Fsp3) is 0.286. The van der Waals surface area contributed by atoms with Crippen LogP contribution in [0.15, 0.2) is 41.8 Å². The largest absolute Gasteiger partial charge is 0.149 e. The molecule has 1 atom stereocenters. The number of hydrogen-bond donors (Lipinski definition) is 0. The Morgan fingerprint density at radius 2 is 2.00 bits per heavy atom. The maximum Gasteiger partial charge on any atom is 0.0588 e. The average Bonchev–Trinajstić information content (AvgIpc) is 2.73. The van der Waals surface area contributed by atoms with Gasteiger partial charge in [0.2, 0.25) is 0 Å². The Bertz CT molecular complexity index is 433. The highest BCUT2D eigenvalue weighted by atomic mass is 35.5. The molecule has 0 radical (unpaired) electrons. The van der Waals surface area contributed by atoms with Crippen LogP contribution in [0.3, 0.4) is 0 Å². The predicted molar refractivity (Wildman–Crippen MR) is 72.4 cm³/mol. The Hall–Kier alpha value is -0.790. The molecule has 0 nitrogen and oxygen atoms in total. The summed E-state index contributed by atoms with van der Waals surface area (Å²) in [6.45, 7) is 2.14. The monoisotopic (exact) mass is 250 g/mol. The first-order valence-electron chi connectivity index (χ1n) is 5.49. The molecule has 0 aliphatic carbocycles. The summed E-state index contributed by atoms with van der Waals surface area (Å²) in [5, 5.41) is 2.35. The minimum absolute atomic E-state index is 0.126. The van der Waals surface area contributed by atoms with Crippen molar-refractivity contribution in [3.05, 3.63) is 57.8 Å². The Morgan fingerprint density at radius 3 is 2.62 bits per heavy atom. The molecule has 0 N–H and O–H groups in total. The molecule has 0 amide bonds. The van der Waals surface area contributed by atoms with E-state index in [1.807, 2.05) is 29.5 Å². The lowest BCUT2D eigenvalue weighted by molar-refractivity contribution is 0.795. The molecule has 1 heterocycles.